The maximum Gasteiger partial charge on any atom is 0.0685 e. The number of hydrogen-bond donors (Lipinski definition) is 1. The quantitative estimate of drug-likeness (QED) is 0.648. The van der Waals surface area contributed by atoms with Crippen LogP contribution in [0.1, 0.15) is 38.5 Å². The molecule has 1 atom stereocenters. The van der Waals surface area contributed by atoms with Crippen LogP contribution in [0.25, 0.3) is 0 Å². The smallest absolute Gasteiger partial charge is 0.0685 e. The second-order valence-corrected chi connectivity index (χ2v) is 4.33. The highest BCUT2D eigenvalue weighted by molar-refractivity contribution is 4.91. The molecule has 2 rings (SSSR count). The largest absolute Gasteiger partial charge is 0.375 e. The average Bonchev–Trinajstić information content (AvgIpc) is 2.53. The van der Waals surface area contributed by atoms with Crippen LogP contribution in [-0.2, 0) is 4.74 Å². The fourth-order valence-corrected chi connectivity index (χ4v) is 2.70. The maximum atomic E-state index is 5.90. The third-order valence-corrected chi connectivity index (χ3v) is 3.44. The molecule has 1 aliphatic heterocycles. The predicted octanol–water partition coefficient (Wildman–Crippen LogP) is 1.68. The van der Waals surface area contributed by atoms with Crippen molar-refractivity contribution in [3.8, 4) is 0 Å². The van der Waals surface area contributed by atoms with Crippen LogP contribution in [0.4, 0.5) is 0 Å². The first kappa shape index (κ1) is 8.52. The van der Waals surface area contributed by atoms with Gasteiger partial charge in [0.2, 0.25) is 0 Å². The highest BCUT2D eigenvalue weighted by Gasteiger charge is 2.39. The Morgan fingerprint density at radius 1 is 1.33 bits per heavy atom. The first-order chi connectivity index (χ1) is 5.85. The Morgan fingerprint density at radius 3 is 2.75 bits per heavy atom. The summed E-state index contributed by atoms with van der Waals surface area (Å²) in [5.41, 5.74) is 5.96. The zero-order valence-electron chi connectivity index (χ0n) is 7.72. The average molecular weight is 169 g/mol. The summed E-state index contributed by atoms with van der Waals surface area (Å²) in [7, 11) is 0. The zero-order valence-corrected chi connectivity index (χ0v) is 7.72. The van der Waals surface area contributed by atoms with Gasteiger partial charge < -0.3 is 10.5 Å². The Balaban J connectivity index is 1.97. The minimum absolute atomic E-state index is 0.266. The van der Waals surface area contributed by atoms with Crippen LogP contribution in [0.15, 0.2) is 0 Å². The molecule has 2 N–H and O–H groups in total. The molecule has 1 unspecified atom stereocenters. The minimum Gasteiger partial charge on any atom is -0.375 e. The lowest BCUT2D eigenvalue weighted by molar-refractivity contribution is -0.0910. The summed E-state index contributed by atoms with van der Waals surface area (Å²) in [5, 5.41) is 0. The Labute approximate surface area is 74.5 Å². The molecule has 0 radical (unpaired) electrons. The minimum atomic E-state index is 0.266. The lowest BCUT2D eigenvalue weighted by Crippen LogP contribution is -2.39. The molecular weight excluding hydrogens is 150 g/mol. The zero-order chi connectivity index (χ0) is 8.44. The van der Waals surface area contributed by atoms with E-state index in [0.717, 1.165) is 19.1 Å². The van der Waals surface area contributed by atoms with Gasteiger partial charge in [-0.05, 0) is 38.1 Å². The molecule has 0 amide bonds. The number of rotatable bonds is 1. The standard InChI is InChI=1S/C10H19NO/c11-8-9-3-6-12-10(7-9)4-1-2-5-10/h9H,1-8,11H2. The van der Waals surface area contributed by atoms with Crippen molar-refractivity contribution in [2.45, 2.75) is 44.1 Å². The summed E-state index contributed by atoms with van der Waals surface area (Å²) < 4.78 is 5.90. The molecule has 1 spiro atoms. The van der Waals surface area contributed by atoms with Crippen molar-refractivity contribution in [3.63, 3.8) is 0 Å². The molecule has 12 heavy (non-hydrogen) atoms. The molecule has 0 aromatic rings. The van der Waals surface area contributed by atoms with Gasteiger partial charge in [-0.3, -0.25) is 0 Å². The third-order valence-electron chi connectivity index (χ3n) is 3.44. The van der Waals surface area contributed by atoms with Gasteiger partial charge in [0.05, 0.1) is 5.60 Å². The molecule has 0 aromatic carbocycles. The van der Waals surface area contributed by atoms with Gasteiger partial charge >= 0.3 is 0 Å². The highest BCUT2D eigenvalue weighted by Crippen LogP contribution is 2.41. The summed E-state index contributed by atoms with van der Waals surface area (Å²) in [6, 6.07) is 0. The van der Waals surface area contributed by atoms with Crippen molar-refractivity contribution in [3.05, 3.63) is 0 Å². The molecule has 2 fully saturated rings. The summed E-state index contributed by atoms with van der Waals surface area (Å²) in [6.45, 7) is 1.80. The molecule has 2 heteroatoms. The van der Waals surface area contributed by atoms with E-state index in [2.05, 4.69) is 0 Å². The molecule has 0 bridgehead atoms. The van der Waals surface area contributed by atoms with Gasteiger partial charge in [0.15, 0.2) is 0 Å². The van der Waals surface area contributed by atoms with Crippen LogP contribution in [-0.4, -0.2) is 18.8 Å². The molecule has 2 nitrogen and oxygen atoms in total. The maximum absolute atomic E-state index is 5.90. The summed E-state index contributed by atoms with van der Waals surface area (Å²) in [6.07, 6.45) is 7.68. The normalized spacial score (nSPS) is 34.2. The van der Waals surface area contributed by atoms with Crippen LogP contribution in [0, 0.1) is 5.92 Å². The Bertz CT molecular complexity index is 152. The van der Waals surface area contributed by atoms with Crippen molar-refractivity contribution in [2.75, 3.05) is 13.2 Å². The van der Waals surface area contributed by atoms with Crippen molar-refractivity contribution >= 4 is 0 Å². The van der Waals surface area contributed by atoms with E-state index in [1.165, 1.54) is 38.5 Å². The van der Waals surface area contributed by atoms with Crippen LogP contribution >= 0.6 is 0 Å². The van der Waals surface area contributed by atoms with Crippen molar-refractivity contribution < 1.29 is 4.74 Å². The predicted molar refractivity (Wildman–Crippen MR) is 48.9 cm³/mol. The van der Waals surface area contributed by atoms with Gasteiger partial charge in [0, 0.05) is 6.61 Å². The molecule has 70 valence electrons. The van der Waals surface area contributed by atoms with E-state index in [0.29, 0.717) is 0 Å². The fraction of sp³-hybridized carbons (Fsp3) is 1.00. The number of hydrogen-bond acceptors (Lipinski definition) is 2. The summed E-state index contributed by atoms with van der Waals surface area (Å²) in [4.78, 5) is 0. The third kappa shape index (κ3) is 1.50. The molecule has 1 saturated heterocycles. The molecule has 1 heterocycles. The summed E-state index contributed by atoms with van der Waals surface area (Å²) >= 11 is 0. The van der Waals surface area contributed by atoms with Gasteiger partial charge in [0.1, 0.15) is 0 Å². The van der Waals surface area contributed by atoms with E-state index in [9.17, 15) is 0 Å². The Kier molecular flexibility index (Phi) is 2.37. The molecule has 0 aromatic heterocycles. The Hall–Kier alpha value is -0.0800. The second kappa shape index (κ2) is 3.35. The number of nitrogens with two attached hydrogens (primary N) is 1. The van der Waals surface area contributed by atoms with E-state index in [1.807, 2.05) is 0 Å². The first-order valence-corrected chi connectivity index (χ1v) is 5.19. The van der Waals surface area contributed by atoms with Crippen LogP contribution in [0.3, 0.4) is 0 Å². The molecular formula is C10H19NO. The van der Waals surface area contributed by atoms with Crippen molar-refractivity contribution in [1.82, 2.24) is 0 Å². The van der Waals surface area contributed by atoms with E-state index in [4.69, 9.17) is 10.5 Å². The van der Waals surface area contributed by atoms with E-state index < -0.39 is 0 Å². The monoisotopic (exact) mass is 169 g/mol. The van der Waals surface area contributed by atoms with Gasteiger partial charge in [0.25, 0.3) is 0 Å². The van der Waals surface area contributed by atoms with Crippen LogP contribution < -0.4 is 5.73 Å². The molecule has 1 saturated carbocycles. The fourth-order valence-electron chi connectivity index (χ4n) is 2.70. The van der Waals surface area contributed by atoms with Crippen LogP contribution in [0.5, 0.6) is 0 Å². The summed E-state index contributed by atoms with van der Waals surface area (Å²) in [5.74, 6) is 0.733. The lowest BCUT2D eigenvalue weighted by atomic mass is 9.85. The lowest BCUT2D eigenvalue weighted by Gasteiger charge is -2.37. The topological polar surface area (TPSA) is 35.2 Å². The Morgan fingerprint density at radius 2 is 2.08 bits per heavy atom. The van der Waals surface area contributed by atoms with E-state index in [-0.39, 0.29) is 5.60 Å². The van der Waals surface area contributed by atoms with Crippen LogP contribution in [0.2, 0.25) is 0 Å². The number of ether oxygens (including phenoxy) is 1. The SMILES string of the molecule is NCC1CCOC2(CCCC2)C1. The first-order valence-electron chi connectivity index (χ1n) is 5.19. The van der Waals surface area contributed by atoms with Gasteiger partial charge in [-0.1, -0.05) is 12.8 Å². The van der Waals surface area contributed by atoms with E-state index >= 15 is 0 Å². The van der Waals surface area contributed by atoms with Gasteiger partial charge in [-0.2, -0.15) is 0 Å². The molecule has 2 aliphatic rings. The van der Waals surface area contributed by atoms with Crippen molar-refractivity contribution in [1.29, 1.82) is 0 Å². The molecule has 1 aliphatic carbocycles. The second-order valence-electron chi connectivity index (χ2n) is 4.33. The van der Waals surface area contributed by atoms with Gasteiger partial charge in [-0.15, -0.1) is 0 Å². The van der Waals surface area contributed by atoms with Crippen molar-refractivity contribution in [2.24, 2.45) is 11.7 Å². The van der Waals surface area contributed by atoms with Gasteiger partial charge in [-0.25, -0.2) is 0 Å². The highest BCUT2D eigenvalue weighted by atomic mass is 16.5. The van der Waals surface area contributed by atoms with E-state index in [1.54, 1.807) is 0 Å².